The SMILES string of the molecule is CCC(=O)OC(C)(C)C(=O)Br. The molecule has 4 heteroatoms. The third kappa shape index (κ3) is 3.51. The van der Waals surface area contributed by atoms with Crippen molar-refractivity contribution in [1.82, 2.24) is 0 Å². The Hall–Kier alpha value is -0.380. The van der Waals surface area contributed by atoms with Crippen molar-refractivity contribution in [2.75, 3.05) is 0 Å². The molecule has 0 amide bonds. The number of carbonyl (C=O) groups excluding carboxylic acids is 2. The van der Waals surface area contributed by atoms with Crippen LogP contribution in [-0.4, -0.2) is 16.3 Å². The molecular weight excluding hydrogens is 212 g/mol. The molecule has 0 saturated carbocycles. The van der Waals surface area contributed by atoms with Crippen molar-refractivity contribution in [3.05, 3.63) is 0 Å². The van der Waals surface area contributed by atoms with Crippen LogP contribution in [0.5, 0.6) is 0 Å². The standard InChI is InChI=1S/C7H11BrO3/c1-4-5(9)11-7(2,3)6(8)10/h4H2,1-3H3. The first kappa shape index (κ1) is 10.6. The van der Waals surface area contributed by atoms with Crippen molar-refractivity contribution in [3.63, 3.8) is 0 Å². The Labute approximate surface area is 74.2 Å². The fourth-order valence-corrected chi connectivity index (χ4v) is 0.478. The van der Waals surface area contributed by atoms with Crippen LogP contribution in [0.15, 0.2) is 0 Å². The second-order valence-electron chi connectivity index (χ2n) is 2.61. The van der Waals surface area contributed by atoms with E-state index < -0.39 is 5.60 Å². The van der Waals surface area contributed by atoms with Crippen molar-refractivity contribution in [2.24, 2.45) is 0 Å². The van der Waals surface area contributed by atoms with Gasteiger partial charge in [-0.15, -0.1) is 0 Å². The zero-order chi connectivity index (χ0) is 9.07. The van der Waals surface area contributed by atoms with Gasteiger partial charge in [-0.25, -0.2) is 0 Å². The van der Waals surface area contributed by atoms with Crippen molar-refractivity contribution in [1.29, 1.82) is 0 Å². The first-order chi connectivity index (χ1) is 4.90. The Morgan fingerprint density at radius 3 is 2.18 bits per heavy atom. The van der Waals surface area contributed by atoms with Crippen LogP contribution in [0.4, 0.5) is 0 Å². The fraction of sp³-hybridized carbons (Fsp3) is 0.714. The summed E-state index contributed by atoms with van der Waals surface area (Å²) in [7, 11) is 0. The number of hydrogen-bond acceptors (Lipinski definition) is 3. The van der Waals surface area contributed by atoms with Crippen LogP contribution in [0, 0.1) is 0 Å². The smallest absolute Gasteiger partial charge is 0.306 e. The van der Waals surface area contributed by atoms with Crippen LogP contribution < -0.4 is 0 Å². The van der Waals surface area contributed by atoms with E-state index in [1.54, 1.807) is 6.92 Å². The maximum Gasteiger partial charge on any atom is 0.306 e. The first-order valence-electron chi connectivity index (χ1n) is 3.32. The van der Waals surface area contributed by atoms with E-state index in [-0.39, 0.29) is 17.1 Å². The van der Waals surface area contributed by atoms with E-state index in [0.29, 0.717) is 0 Å². The Kier molecular flexibility index (Phi) is 3.72. The average Bonchev–Trinajstić information content (AvgIpc) is 1.86. The van der Waals surface area contributed by atoms with Gasteiger partial charge in [0.1, 0.15) is 0 Å². The summed E-state index contributed by atoms with van der Waals surface area (Å²) in [4.78, 5) is 21.5. The minimum absolute atomic E-state index is 0.281. The normalized spacial score (nSPS) is 10.9. The van der Waals surface area contributed by atoms with Gasteiger partial charge in [-0.05, 0) is 29.8 Å². The topological polar surface area (TPSA) is 43.4 Å². The predicted octanol–water partition coefficient (Wildman–Crippen LogP) is 1.64. The lowest BCUT2D eigenvalue weighted by molar-refractivity contribution is -0.159. The van der Waals surface area contributed by atoms with E-state index in [4.69, 9.17) is 4.74 Å². The lowest BCUT2D eigenvalue weighted by Crippen LogP contribution is -2.33. The summed E-state index contributed by atoms with van der Waals surface area (Å²) in [6.45, 7) is 4.76. The third-order valence-electron chi connectivity index (χ3n) is 1.13. The Morgan fingerprint density at radius 2 is 1.91 bits per heavy atom. The number of esters is 1. The number of halogens is 1. The zero-order valence-corrected chi connectivity index (χ0v) is 8.40. The van der Waals surface area contributed by atoms with Crippen molar-refractivity contribution in [3.8, 4) is 0 Å². The molecule has 11 heavy (non-hydrogen) atoms. The molecule has 0 aliphatic heterocycles. The summed E-state index contributed by atoms with van der Waals surface area (Å²) in [6.07, 6.45) is 0.281. The van der Waals surface area contributed by atoms with Gasteiger partial charge < -0.3 is 4.74 Å². The molecule has 0 saturated heterocycles. The van der Waals surface area contributed by atoms with E-state index in [1.165, 1.54) is 13.8 Å². The third-order valence-corrected chi connectivity index (χ3v) is 2.09. The van der Waals surface area contributed by atoms with E-state index in [2.05, 4.69) is 15.9 Å². The summed E-state index contributed by atoms with van der Waals surface area (Å²) in [5, 5.41) is 0. The van der Waals surface area contributed by atoms with E-state index in [9.17, 15) is 9.59 Å². The second-order valence-corrected chi connectivity index (χ2v) is 3.33. The molecule has 3 nitrogen and oxygen atoms in total. The van der Waals surface area contributed by atoms with Gasteiger partial charge in [-0.3, -0.25) is 9.59 Å². The Morgan fingerprint density at radius 1 is 1.45 bits per heavy atom. The minimum Gasteiger partial charge on any atom is -0.451 e. The van der Waals surface area contributed by atoms with Gasteiger partial charge in [0.2, 0.25) is 4.69 Å². The molecule has 0 aromatic carbocycles. The van der Waals surface area contributed by atoms with Crippen LogP contribution in [0.3, 0.4) is 0 Å². The lowest BCUT2D eigenvalue weighted by atomic mass is 10.2. The maximum absolute atomic E-state index is 10.8. The summed E-state index contributed by atoms with van der Waals surface area (Å²) >= 11 is 2.74. The molecule has 0 spiro atoms. The fourth-order valence-electron chi connectivity index (χ4n) is 0.397. The number of ether oxygens (including phenoxy) is 1. The van der Waals surface area contributed by atoms with Crippen molar-refractivity contribution in [2.45, 2.75) is 32.8 Å². The first-order valence-corrected chi connectivity index (χ1v) is 4.11. The lowest BCUT2D eigenvalue weighted by Gasteiger charge is -2.19. The van der Waals surface area contributed by atoms with Crippen molar-refractivity contribution < 1.29 is 14.3 Å². The van der Waals surface area contributed by atoms with E-state index in [1.807, 2.05) is 0 Å². The quantitative estimate of drug-likeness (QED) is 0.539. The minimum atomic E-state index is -1.05. The van der Waals surface area contributed by atoms with E-state index >= 15 is 0 Å². The molecule has 0 heterocycles. The molecule has 0 atom stereocenters. The van der Waals surface area contributed by atoms with E-state index in [0.717, 1.165) is 0 Å². The summed E-state index contributed by atoms with van der Waals surface area (Å²) < 4.78 is 4.49. The van der Waals surface area contributed by atoms with Gasteiger partial charge in [0, 0.05) is 6.42 Å². The molecular formula is C7H11BrO3. The van der Waals surface area contributed by atoms with Crippen LogP contribution in [0.1, 0.15) is 27.2 Å². The highest BCUT2D eigenvalue weighted by Gasteiger charge is 2.28. The Balaban J connectivity index is 4.12. The molecule has 0 unspecified atom stereocenters. The van der Waals surface area contributed by atoms with Gasteiger partial charge in [0.25, 0.3) is 0 Å². The molecule has 0 aromatic rings. The number of carbonyl (C=O) groups is 2. The largest absolute Gasteiger partial charge is 0.451 e. The molecule has 0 aromatic heterocycles. The monoisotopic (exact) mass is 222 g/mol. The molecule has 0 rings (SSSR count). The molecule has 64 valence electrons. The highest BCUT2D eigenvalue weighted by Crippen LogP contribution is 2.15. The molecule has 0 fully saturated rings. The van der Waals surface area contributed by atoms with Gasteiger partial charge >= 0.3 is 5.97 Å². The molecule has 0 N–H and O–H groups in total. The summed E-state index contributed by atoms with van der Waals surface area (Å²) in [5.41, 5.74) is -1.05. The van der Waals surface area contributed by atoms with Crippen LogP contribution in [-0.2, 0) is 14.3 Å². The van der Waals surface area contributed by atoms with Gasteiger partial charge in [0.05, 0.1) is 0 Å². The molecule has 0 radical (unpaired) electrons. The van der Waals surface area contributed by atoms with Crippen LogP contribution in [0.2, 0.25) is 0 Å². The Bertz CT molecular complexity index is 175. The predicted molar refractivity (Wildman–Crippen MR) is 44.4 cm³/mol. The molecule has 0 aliphatic carbocycles. The second kappa shape index (κ2) is 3.85. The van der Waals surface area contributed by atoms with Crippen molar-refractivity contribution >= 4 is 26.6 Å². The number of hydrogen-bond donors (Lipinski definition) is 0. The average molecular weight is 223 g/mol. The summed E-state index contributed by atoms with van der Waals surface area (Å²) in [5.74, 6) is -0.372. The highest BCUT2D eigenvalue weighted by atomic mass is 79.9. The van der Waals surface area contributed by atoms with Gasteiger partial charge in [-0.2, -0.15) is 0 Å². The zero-order valence-electron chi connectivity index (χ0n) is 6.81. The summed E-state index contributed by atoms with van der Waals surface area (Å²) in [6, 6.07) is 0. The van der Waals surface area contributed by atoms with Gasteiger partial charge in [0.15, 0.2) is 5.60 Å². The van der Waals surface area contributed by atoms with Crippen LogP contribution >= 0.6 is 15.9 Å². The molecule has 0 bridgehead atoms. The van der Waals surface area contributed by atoms with Gasteiger partial charge in [-0.1, -0.05) is 6.92 Å². The molecule has 0 aliphatic rings. The highest BCUT2D eigenvalue weighted by molar-refractivity contribution is 9.18. The maximum atomic E-state index is 10.8. The number of rotatable bonds is 3. The van der Waals surface area contributed by atoms with Crippen LogP contribution in [0.25, 0.3) is 0 Å².